The molecule has 0 aromatic carbocycles. The minimum Gasteiger partial charge on any atom is -0.481 e. The van der Waals surface area contributed by atoms with Crippen molar-refractivity contribution in [1.82, 2.24) is 24.8 Å². The van der Waals surface area contributed by atoms with Gasteiger partial charge in [-0.1, -0.05) is 0 Å². The molecule has 1 amide bonds. The molecule has 0 aliphatic carbocycles. The number of hydrogen-bond acceptors (Lipinski definition) is 7. The molecule has 1 aliphatic rings. The zero-order chi connectivity index (χ0) is 21.3. The van der Waals surface area contributed by atoms with Gasteiger partial charge < -0.3 is 19.5 Å². The summed E-state index contributed by atoms with van der Waals surface area (Å²) < 4.78 is 5.04. The Bertz CT molecular complexity index is 1120. The number of methoxy groups -OCH3 is 1. The molecule has 1 fully saturated rings. The van der Waals surface area contributed by atoms with Gasteiger partial charge >= 0.3 is 0 Å². The second-order valence-corrected chi connectivity index (χ2v) is 7.57. The molecule has 4 heterocycles. The summed E-state index contributed by atoms with van der Waals surface area (Å²) in [6.07, 6.45) is 4.63. The van der Waals surface area contributed by atoms with E-state index in [1.54, 1.807) is 30.3 Å². The molecule has 0 spiro atoms. The first-order chi connectivity index (χ1) is 14.5. The normalized spacial score (nSPS) is 14.7. The third-order valence-corrected chi connectivity index (χ3v) is 5.41. The van der Waals surface area contributed by atoms with Gasteiger partial charge in [-0.05, 0) is 25.0 Å². The van der Waals surface area contributed by atoms with Crippen LogP contribution in [0.2, 0.25) is 0 Å². The molecule has 0 radical (unpaired) electrons. The van der Waals surface area contributed by atoms with Crippen molar-refractivity contribution >= 4 is 22.8 Å². The first kappa shape index (κ1) is 19.8. The van der Waals surface area contributed by atoms with E-state index in [0.29, 0.717) is 41.4 Å². The Morgan fingerprint density at radius 1 is 1.20 bits per heavy atom. The lowest BCUT2D eigenvalue weighted by Gasteiger charge is -2.32. The number of pyridine rings is 2. The van der Waals surface area contributed by atoms with Crippen LogP contribution in [-0.2, 0) is 0 Å². The molecule has 30 heavy (non-hydrogen) atoms. The Balaban J connectivity index is 1.50. The maximum absolute atomic E-state index is 12.7. The first-order valence-electron chi connectivity index (χ1n) is 9.83. The predicted molar refractivity (Wildman–Crippen MR) is 113 cm³/mol. The van der Waals surface area contributed by atoms with Crippen LogP contribution in [0.1, 0.15) is 34.8 Å². The van der Waals surface area contributed by atoms with Gasteiger partial charge in [0.05, 0.1) is 23.6 Å². The summed E-state index contributed by atoms with van der Waals surface area (Å²) in [6.45, 7) is 1.23. The number of piperidine rings is 1. The molecule has 0 unspecified atom stereocenters. The van der Waals surface area contributed by atoms with E-state index in [-0.39, 0.29) is 17.4 Å². The number of likely N-dealkylation sites (tertiary alicyclic amines) is 1. The van der Waals surface area contributed by atoms with Gasteiger partial charge in [0.15, 0.2) is 0 Å². The van der Waals surface area contributed by atoms with Gasteiger partial charge in [-0.25, -0.2) is 15.0 Å². The zero-order valence-electron chi connectivity index (χ0n) is 17.3. The van der Waals surface area contributed by atoms with E-state index >= 15 is 0 Å². The van der Waals surface area contributed by atoms with Gasteiger partial charge in [0.2, 0.25) is 11.8 Å². The van der Waals surface area contributed by atoms with E-state index in [4.69, 9.17) is 4.74 Å². The van der Waals surface area contributed by atoms with Crippen LogP contribution in [0.25, 0.3) is 10.9 Å². The van der Waals surface area contributed by atoms with Gasteiger partial charge in [0, 0.05) is 57.3 Å². The number of nitrogens with one attached hydrogen (secondary N) is 1. The van der Waals surface area contributed by atoms with Crippen LogP contribution in [-0.4, -0.2) is 65.0 Å². The molecular weight excluding hydrogens is 384 g/mol. The number of anilines is 1. The Hall–Kier alpha value is -3.49. The lowest BCUT2D eigenvalue weighted by atomic mass is 9.92. The Labute approximate surface area is 173 Å². The van der Waals surface area contributed by atoms with E-state index in [0.717, 1.165) is 18.5 Å². The maximum Gasteiger partial charge on any atom is 0.259 e. The number of aromatic nitrogens is 4. The van der Waals surface area contributed by atoms with Gasteiger partial charge in [-0.2, -0.15) is 0 Å². The number of amides is 1. The summed E-state index contributed by atoms with van der Waals surface area (Å²) in [5.41, 5.74) is 1.85. The second kappa shape index (κ2) is 8.10. The molecule has 0 atom stereocenters. The highest BCUT2D eigenvalue weighted by Gasteiger charge is 2.26. The standard InChI is InChI=1S/C21H24N6O3/c1-26(2)21-23-12-15-17(25-21)10-16(24-19(15)28)13-6-8-27(9-7-13)20(29)14-4-5-18(30-3)22-11-14/h4-5,10-13H,6-9H2,1-3H3,(H,24,28). The lowest BCUT2D eigenvalue weighted by Crippen LogP contribution is -2.38. The first-order valence-corrected chi connectivity index (χ1v) is 9.83. The number of fused-ring (bicyclic) bond motifs is 1. The summed E-state index contributed by atoms with van der Waals surface area (Å²) in [6, 6.07) is 5.34. The minimum atomic E-state index is -0.185. The van der Waals surface area contributed by atoms with Crippen molar-refractivity contribution in [3.05, 3.63) is 52.2 Å². The Kier molecular flexibility index (Phi) is 5.35. The van der Waals surface area contributed by atoms with Crippen LogP contribution in [0.5, 0.6) is 5.88 Å². The highest BCUT2D eigenvalue weighted by molar-refractivity contribution is 5.94. The number of carbonyl (C=O) groups is 1. The lowest BCUT2D eigenvalue weighted by molar-refractivity contribution is 0.0711. The predicted octanol–water partition coefficient (Wildman–Crippen LogP) is 1.81. The van der Waals surface area contributed by atoms with Crippen LogP contribution < -0.4 is 15.2 Å². The SMILES string of the molecule is COc1ccc(C(=O)N2CCC(c3cc4nc(N(C)C)ncc4c(=O)[nH]3)CC2)cn1. The monoisotopic (exact) mass is 408 g/mol. The van der Waals surface area contributed by atoms with Crippen LogP contribution in [0.15, 0.2) is 35.4 Å². The fraction of sp³-hybridized carbons (Fsp3) is 0.381. The van der Waals surface area contributed by atoms with Crippen molar-refractivity contribution in [3.63, 3.8) is 0 Å². The fourth-order valence-electron chi connectivity index (χ4n) is 3.69. The second-order valence-electron chi connectivity index (χ2n) is 7.57. The van der Waals surface area contributed by atoms with Crippen LogP contribution in [0.4, 0.5) is 5.95 Å². The van der Waals surface area contributed by atoms with Gasteiger partial charge in [0.1, 0.15) is 0 Å². The molecule has 3 aromatic rings. The topological polar surface area (TPSA) is 104 Å². The van der Waals surface area contributed by atoms with E-state index in [1.807, 2.05) is 25.1 Å². The van der Waals surface area contributed by atoms with E-state index in [9.17, 15) is 9.59 Å². The molecule has 3 aromatic heterocycles. The van der Waals surface area contributed by atoms with Crippen LogP contribution in [0, 0.1) is 0 Å². The fourth-order valence-corrected chi connectivity index (χ4v) is 3.69. The maximum atomic E-state index is 12.7. The molecule has 1 N–H and O–H groups in total. The summed E-state index contributed by atoms with van der Waals surface area (Å²) in [5, 5.41) is 0.476. The highest BCUT2D eigenvalue weighted by atomic mass is 16.5. The number of aromatic amines is 1. The number of nitrogens with zero attached hydrogens (tertiary/aromatic N) is 5. The number of carbonyl (C=O) groups excluding carboxylic acids is 1. The number of hydrogen-bond donors (Lipinski definition) is 1. The average molecular weight is 408 g/mol. The molecule has 9 nitrogen and oxygen atoms in total. The van der Waals surface area contributed by atoms with Crippen molar-refractivity contribution in [2.45, 2.75) is 18.8 Å². The summed E-state index contributed by atoms with van der Waals surface area (Å²) in [7, 11) is 5.26. The molecule has 0 bridgehead atoms. The van der Waals surface area contributed by atoms with Crippen molar-refractivity contribution in [1.29, 1.82) is 0 Å². The van der Waals surface area contributed by atoms with Crippen molar-refractivity contribution in [2.75, 3.05) is 39.2 Å². The quantitative estimate of drug-likeness (QED) is 0.702. The van der Waals surface area contributed by atoms with Crippen LogP contribution >= 0.6 is 0 Å². The van der Waals surface area contributed by atoms with Crippen LogP contribution in [0.3, 0.4) is 0 Å². The van der Waals surface area contributed by atoms with E-state index in [1.165, 1.54) is 6.20 Å². The van der Waals surface area contributed by atoms with Crippen molar-refractivity contribution in [2.24, 2.45) is 0 Å². The average Bonchev–Trinajstić information content (AvgIpc) is 2.78. The number of rotatable bonds is 4. The molecule has 1 saturated heterocycles. The molecule has 0 saturated carbocycles. The summed E-state index contributed by atoms with van der Waals surface area (Å²) in [5.74, 6) is 1.16. The molecule has 1 aliphatic heterocycles. The smallest absolute Gasteiger partial charge is 0.259 e. The third-order valence-electron chi connectivity index (χ3n) is 5.41. The third kappa shape index (κ3) is 3.83. The molecule has 4 rings (SSSR count). The van der Waals surface area contributed by atoms with Gasteiger partial charge in [-0.3, -0.25) is 9.59 Å². The summed E-state index contributed by atoms with van der Waals surface area (Å²) in [4.78, 5) is 44.7. The van der Waals surface area contributed by atoms with E-state index in [2.05, 4.69) is 19.9 Å². The minimum absolute atomic E-state index is 0.0426. The largest absolute Gasteiger partial charge is 0.481 e. The van der Waals surface area contributed by atoms with Crippen molar-refractivity contribution < 1.29 is 9.53 Å². The number of ether oxygens (including phenoxy) is 1. The van der Waals surface area contributed by atoms with Crippen molar-refractivity contribution in [3.8, 4) is 5.88 Å². The van der Waals surface area contributed by atoms with Gasteiger partial charge in [-0.15, -0.1) is 0 Å². The Morgan fingerprint density at radius 3 is 2.60 bits per heavy atom. The molecule has 9 heteroatoms. The highest BCUT2D eigenvalue weighted by Crippen LogP contribution is 2.28. The van der Waals surface area contributed by atoms with E-state index < -0.39 is 0 Å². The zero-order valence-corrected chi connectivity index (χ0v) is 17.3. The van der Waals surface area contributed by atoms with Gasteiger partial charge in [0.25, 0.3) is 11.5 Å². The number of H-pyrrole nitrogens is 1. The summed E-state index contributed by atoms with van der Waals surface area (Å²) >= 11 is 0. The Morgan fingerprint density at radius 2 is 1.97 bits per heavy atom. The molecule has 156 valence electrons. The molecular formula is C21H24N6O3.